The van der Waals surface area contributed by atoms with E-state index in [1.165, 1.54) is 43.6 Å². The molecule has 0 amide bonds. The number of hydrogen-bond donors (Lipinski definition) is 2. The minimum Gasteiger partial charge on any atom is -0.481 e. The maximum absolute atomic E-state index is 11.3. The van der Waals surface area contributed by atoms with Gasteiger partial charge in [0.25, 0.3) is 0 Å². The summed E-state index contributed by atoms with van der Waals surface area (Å²) in [6.45, 7) is 7.66. The van der Waals surface area contributed by atoms with Crippen LogP contribution in [-0.2, 0) is 16.1 Å². The van der Waals surface area contributed by atoms with Crippen molar-refractivity contribution in [2.24, 2.45) is 5.92 Å². The highest BCUT2D eigenvalue weighted by atomic mass is 32.1. The molecule has 0 bridgehead atoms. The van der Waals surface area contributed by atoms with Gasteiger partial charge in [0.2, 0.25) is 5.13 Å². The first-order valence-electron chi connectivity index (χ1n) is 11.4. The lowest BCUT2D eigenvalue weighted by atomic mass is 9.93. The molecule has 2 N–H and O–H groups in total. The molecule has 0 radical (unpaired) electrons. The summed E-state index contributed by atoms with van der Waals surface area (Å²) < 4.78 is 9.48. The van der Waals surface area contributed by atoms with Gasteiger partial charge < -0.3 is 20.1 Å². The van der Waals surface area contributed by atoms with E-state index in [0.717, 1.165) is 23.6 Å². The number of nitrogens with zero attached hydrogens (tertiary/aromatic N) is 4. The number of methoxy groups -OCH3 is 1. The van der Waals surface area contributed by atoms with Crippen molar-refractivity contribution in [2.75, 3.05) is 23.9 Å². The van der Waals surface area contributed by atoms with Gasteiger partial charge in [0, 0.05) is 37.4 Å². The maximum atomic E-state index is 11.3. The third-order valence-electron chi connectivity index (χ3n) is 5.77. The first-order chi connectivity index (χ1) is 15.4. The molecular formula is C23H35N5O3S. The van der Waals surface area contributed by atoms with E-state index in [9.17, 15) is 9.90 Å². The number of ether oxygens (including phenoxy) is 1. The van der Waals surface area contributed by atoms with Crippen LogP contribution in [0.1, 0.15) is 76.6 Å². The number of carboxylic acid groups (broad SMARTS) is 1. The number of rotatable bonds is 11. The van der Waals surface area contributed by atoms with E-state index in [1.54, 1.807) is 7.11 Å². The zero-order chi connectivity index (χ0) is 23.1. The number of nitrogens with one attached hydrogen (secondary N) is 1. The van der Waals surface area contributed by atoms with Crippen LogP contribution in [-0.4, -0.2) is 45.1 Å². The molecule has 0 aliphatic heterocycles. The molecule has 1 atom stereocenters. The Kier molecular flexibility index (Phi) is 8.81. The Morgan fingerprint density at radius 1 is 1.31 bits per heavy atom. The van der Waals surface area contributed by atoms with Crippen LogP contribution in [0, 0.1) is 5.92 Å². The average molecular weight is 462 g/mol. The van der Waals surface area contributed by atoms with Gasteiger partial charge in [0.15, 0.2) is 11.6 Å². The van der Waals surface area contributed by atoms with E-state index in [0.29, 0.717) is 29.5 Å². The SMILES string of the molecule is COCc1nsc(Nc2cc(C(C)CC(=O)O)cnc2N(CC(C)C)C2CCCCC2)n1. The number of carbonyl (C=O) groups is 1. The number of anilines is 3. The van der Waals surface area contributed by atoms with Crippen molar-refractivity contribution in [3.63, 3.8) is 0 Å². The van der Waals surface area contributed by atoms with E-state index in [1.807, 2.05) is 19.2 Å². The van der Waals surface area contributed by atoms with Crippen molar-refractivity contribution >= 4 is 34.1 Å². The van der Waals surface area contributed by atoms with Gasteiger partial charge in [-0.25, -0.2) is 9.97 Å². The lowest BCUT2D eigenvalue weighted by Crippen LogP contribution is -2.40. The second-order valence-corrected chi connectivity index (χ2v) is 9.80. The van der Waals surface area contributed by atoms with E-state index >= 15 is 0 Å². The molecule has 1 fully saturated rings. The van der Waals surface area contributed by atoms with Crippen molar-refractivity contribution in [1.82, 2.24) is 14.3 Å². The number of aliphatic carboxylic acids is 1. The van der Waals surface area contributed by atoms with Crippen LogP contribution in [0.2, 0.25) is 0 Å². The Morgan fingerprint density at radius 2 is 2.06 bits per heavy atom. The third kappa shape index (κ3) is 6.62. The normalized spacial score (nSPS) is 15.7. The summed E-state index contributed by atoms with van der Waals surface area (Å²) in [6.07, 6.45) is 8.02. The molecule has 9 heteroatoms. The lowest BCUT2D eigenvalue weighted by Gasteiger charge is -2.37. The van der Waals surface area contributed by atoms with Crippen molar-refractivity contribution in [3.05, 3.63) is 23.7 Å². The van der Waals surface area contributed by atoms with Gasteiger partial charge in [-0.1, -0.05) is 40.0 Å². The van der Waals surface area contributed by atoms with Crippen LogP contribution in [0.3, 0.4) is 0 Å². The predicted octanol–water partition coefficient (Wildman–Crippen LogP) is 5.20. The van der Waals surface area contributed by atoms with Crippen LogP contribution in [0.25, 0.3) is 0 Å². The molecule has 2 aromatic heterocycles. The van der Waals surface area contributed by atoms with Gasteiger partial charge in [0.05, 0.1) is 12.1 Å². The average Bonchev–Trinajstić information content (AvgIpc) is 3.19. The van der Waals surface area contributed by atoms with E-state index in [4.69, 9.17) is 9.72 Å². The standard InChI is InChI=1S/C23H35N5O3S/c1-15(2)13-28(18-8-6-5-7-9-18)22-19(25-23-26-20(14-31-4)27-32-23)11-17(12-24-22)16(3)10-21(29)30/h11-12,15-16,18H,5-10,13-14H2,1-4H3,(H,29,30)(H,25,26,27). The summed E-state index contributed by atoms with van der Waals surface area (Å²) in [5.74, 6) is 1.08. The molecule has 1 aliphatic carbocycles. The minimum absolute atomic E-state index is 0.0651. The summed E-state index contributed by atoms with van der Waals surface area (Å²) in [5, 5.41) is 13.4. The molecule has 2 aromatic rings. The van der Waals surface area contributed by atoms with Gasteiger partial charge >= 0.3 is 5.97 Å². The predicted molar refractivity (Wildman–Crippen MR) is 128 cm³/mol. The Labute approximate surface area is 194 Å². The second-order valence-electron chi connectivity index (χ2n) is 9.05. The first kappa shape index (κ1) is 24.4. The molecule has 8 nitrogen and oxygen atoms in total. The minimum atomic E-state index is -0.812. The lowest BCUT2D eigenvalue weighted by molar-refractivity contribution is -0.137. The summed E-state index contributed by atoms with van der Waals surface area (Å²) >= 11 is 1.29. The summed E-state index contributed by atoms with van der Waals surface area (Å²) in [5.41, 5.74) is 1.75. The molecular weight excluding hydrogens is 426 g/mol. The van der Waals surface area contributed by atoms with Gasteiger partial charge in [-0.15, -0.1) is 0 Å². The first-order valence-corrected chi connectivity index (χ1v) is 12.2. The Hall–Kier alpha value is -2.26. The van der Waals surface area contributed by atoms with Gasteiger partial charge in [-0.05, 0) is 36.3 Å². The van der Waals surface area contributed by atoms with Crippen molar-refractivity contribution in [3.8, 4) is 0 Å². The van der Waals surface area contributed by atoms with Crippen molar-refractivity contribution < 1.29 is 14.6 Å². The molecule has 3 rings (SSSR count). The fourth-order valence-electron chi connectivity index (χ4n) is 4.25. The third-order valence-corrected chi connectivity index (χ3v) is 6.44. The van der Waals surface area contributed by atoms with Crippen LogP contribution < -0.4 is 10.2 Å². The van der Waals surface area contributed by atoms with Crippen LogP contribution in [0.5, 0.6) is 0 Å². The zero-order valence-corrected chi connectivity index (χ0v) is 20.3. The van der Waals surface area contributed by atoms with E-state index in [-0.39, 0.29) is 12.3 Å². The topological polar surface area (TPSA) is 100 Å². The Bertz CT molecular complexity index is 882. The second kappa shape index (κ2) is 11.6. The molecule has 1 saturated carbocycles. The van der Waals surface area contributed by atoms with Gasteiger partial charge in [-0.3, -0.25) is 4.79 Å². The smallest absolute Gasteiger partial charge is 0.303 e. The largest absolute Gasteiger partial charge is 0.481 e. The van der Waals surface area contributed by atoms with Gasteiger partial charge in [-0.2, -0.15) is 4.37 Å². The van der Waals surface area contributed by atoms with Crippen LogP contribution in [0.15, 0.2) is 12.3 Å². The summed E-state index contributed by atoms with van der Waals surface area (Å²) in [4.78, 5) is 23.1. The highest BCUT2D eigenvalue weighted by molar-refractivity contribution is 7.09. The molecule has 2 heterocycles. The molecule has 176 valence electrons. The Morgan fingerprint density at radius 3 is 2.72 bits per heavy atom. The molecule has 1 unspecified atom stereocenters. The number of carboxylic acids is 1. The molecule has 0 aromatic carbocycles. The van der Waals surface area contributed by atoms with Gasteiger partial charge in [0.1, 0.15) is 6.61 Å². The van der Waals surface area contributed by atoms with Crippen molar-refractivity contribution in [1.29, 1.82) is 0 Å². The number of hydrogen-bond acceptors (Lipinski definition) is 8. The fraction of sp³-hybridized carbons (Fsp3) is 0.652. The molecule has 32 heavy (non-hydrogen) atoms. The van der Waals surface area contributed by atoms with Crippen molar-refractivity contribution in [2.45, 2.75) is 77.9 Å². The highest BCUT2D eigenvalue weighted by Gasteiger charge is 2.26. The van der Waals surface area contributed by atoms with E-state index < -0.39 is 5.97 Å². The monoisotopic (exact) mass is 461 g/mol. The van der Waals surface area contributed by atoms with Crippen LogP contribution in [0.4, 0.5) is 16.6 Å². The highest BCUT2D eigenvalue weighted by Crippen LogP contribution is 2.35. The van der Waals surface area contributed by atoms with E-state index in [2.05, 4.69) is 33.4 Å². The maximum Gasteiger partial charge on any atom is 0.303 e. The zero-order valence-electron chi connectivity index (χ0n) is 19.5. The number of pyridine rings is 1. The molecule has 0 saturated heterocycles. The number of aromatic nitrogens is 3. The molecule has 0 spiro atoms. The molecule has 1 aliphatic rings. The summed E-state index contributed by atoms with van der Waals surface area (Å²) in [7, 11) is 1.62. The quantitative estimate of drug-likeness (QED) is 0.471. The summed E-state index contributed by atoms with van der Waals surface area (Å²) in [6, 6.07) is 2.49. The Balaban J connectivity index is 1.98. The van der Waals surface area contributed by atoms with Crippen LogP contribution >= 0.6 is 11.5 Å². The fourth-order valence-corrected chi connectivity index (χ4v) is 4.83.